The van der Waals surface area contributed by atoms with Crippen molar-refractivity contribution >= 4 is 0 Å². The van der Waals surface area contributed by atoms with Crippen LogP contribution in [0, 0.1) is 0 Å². The van der Waals surface area contributed by atoms with Crippen molar-refractivity contribution in [2.75, 3.05) is 33.4 Å². The van der Waals surface area contributed by atoms with E-state index in [4.69, 9.17) is 9.94 Å². The van der Waals surface area contributed by atoms with Gasteiger partial charge in [0.1, 0.15) is 0 Å². The van der Waals surface area contributed by atoms with Crippen molar-refractivity contribution < 1.29 is 9.94 Å². The van der Waals surface area contributed by atoms with Crippen LogP contribution in [-0.2, 0) is 17.8 Å². The molecule has 0 unspecified atom stereocenters. The molecule has 0 bridgehead atoms. The second-order valence-corrected chi connectivity index (χ2v) is 4.52. The molecule has 1 aromatic rings. The summed E-state index contributed by atoms with van der Waals surface area (Å²) < 4.78 is 5.33. The van der Waals surface area contributed by atoms with Gasteiger partial charge in [-0.1, -0.05) is 24.3 Å². The van der Waals surface area contributed by atoms with Crippen LogP contribution < -0.4 is 0 Å². The van der Waals surface area contributed by atoms with Gasteiger partial charge in [-0.05, 0) is 11.1 Å². The lowest BCUT2D eigenvalue weighted by atomic mass is 10.1. The molecule has 0 amide bonds. The summed E-state index contributed by atoms with van der Waals surface area (Å²) in [5.41, 5.74) is 2.44. The number of morpholine rings is 1. The number of benzene rings is 1. The molecule has 2 rings (SSSR count). The first kappa shape index (κ1) is 12.5. The van der Waals surface area contributed by atoms with Crippen LogP contribution in [0.25, 0.3) is 0 Å². The molecule has 1 saturated heterocycles. The van der Waals surface area contributed by atoms with Crippen LogP contribution in [0.2, 0.25) is 0 Å². The minimum atomic E-state index is 0.567. The number of ether oxygens (including phenoxy) is 1. The molecule has 1 aliphatic rings. The quantitative estimate of drug-likeness (QED) is 0.800. The molecule has 0 atom stereocenters. The first-order chi connectivity index (χ1) is 8.24. The first-order valence-electron chi connectivity index (χ1n) is 6.02. The van der Waals surface area contributed by atoms with Crippen LogP contribution in [0.4, 0.5) is 0 Å². The van der Waals surface area contributed by atoms with Crippen molar-refractivity contribution in [2.24, 2.45) is 0 Å². The molecule has 0 radical (unpaired) electrons. The van der Waals surface area contributed by atoms with Crippen LogP contribution in [0.3, 0.4) is 0 Å². The molecular weight excluding hydrogens is 216 g/mol. The van der Waals surface area contributed by atoms with Crippen molar-refractivity contribution in [1.82, 2.24) is 9.96 Å². The van der Waals surface area contributed by atoms with Gasteiger partial charge in [0.05, 0.1) is 13.2 Å². The van der Waals surface area contributed by atoms with E-state index in [0.29, 0.717) is 6.54 Å². The first-order valence-corrected chi connectivity index (χ1v) is 6.02. The molecule has 0 spiro atoms. The lowest BCUT2D eigenvalue weighted by molar-refractivity contribution is -0.0731. The zero-order valence-corrected chi connectivity index (χ0v) is 10.3. The summed E-state index contributed by atoms with van der Waals surface area (Å²) >= 11 is 0. The Kier molecular flexibility index (Phi) is 4.50. The van der Waals surface area contributed by atoms with Gasteiger partial charge < -0.3 is 9.94 Å². The minimum Gasteiger partial charge on any atom is -0.379 e. The van der Waals surface area contributed by atoms with Gasteiger partial charge in [-0.25, -0.2) is 0 Å². The number of hydrogen-bond acceptors (Lipinski definition) is 4. The minimum absolute atomic E-state index is 0.567. The summed E-state index contributed by atoms with van der Waals surface area (Å²) in [6.45, 7) is 5.26. The van der Waals surface area contributed by atoms with Crippen LogP contribution >= 0.6 is 0 Å². The van der Waals surface area contributed by atoms with Crippen LogP contribution in [0.15, 0.2) is 24.3 Å². The average Bonchev–Trinajstić information content (AvgIpc) is 2.32. The van der Waals surface area contributed by atoms with Gasteiger partial charge in [-0.3, -0.25) is 4.90 Å². The second kappa shape index (κ2) is 6.12. The van der Waals surface area contributed by atoms with Gasteiger partial charge in [0.15, 0.2) is 0 Å². The molecule has 0 aliphatic carbocycles. The van der Waals surface area contributed by atoms with E-state index in [2.05, 4.69) is 29.2 Å². The van der Waals surface area contributed by atoms with Gasteiger partial charge in [0.2, 0.25) is 0 Å². The van der Waals surface area contributed by atoms with Gasteiger partial charge in [0.25, 0.3) is 0 Å². The van der Waals surface area contributed by atoms with E-state index in [0.717, 1.165) is 38.4 Å². The second-order valence-electron chi connectivity index (χ2n) is 4.52. The predicted octanol–water partition coefficient (Wildman–Crippen LogP) is 1.34. The van der Waals surface area contributed by atoms with Gasteiger partial charge in [-0.15, -0.1) is 0 Å². The summed E-state index contributed by atoms with van der Waals surface area (Å²) in [6.07, 6.45) is 0. The fourth-order valence-corrected chi connectivity index (χ4v) is 2.03. The van der Waals surface area contributed by atoms with Crippen LogP contribution in [-0.4, -0.2) is 48.5 Å². The maximum atomic E-state index is 9.15. The molecule has 17 heavy (non-hydrogen) atoms. The number of hydrogen-bond donors (Lipinski definition) is 1. The van der Waals surface area contributed by atoms with Gasteiger partial charge in [0, 0.05) is 33.2 Å². The Bertz CT molecular complexity index is 332. The molecule has 4 heteroatoms. The van der Waals surface area contributed by atoms with Crippen molar-refractivity contribution in [3.8, 4) is 0 Å². The molecule has 0 aromatic heterocycles. The topological polar surface area (TPSA) is 35.9 Å². The van der Waals surface area contributed by atoms with Gasteiger partial charge >= 0.3 is 0 Å². The standard InChI is InChI=1S/C13H20N2O2/c1-14(16)10-12-2-4-13(5-3-12)11-15-6-8-17-9-7-15/h2-5,16H,6-11H2,1H3. The third-order valence-electron chi connectivity index (χ3n) is 2.94. The fourth-order valence-electron chi connectivity index (χ4n) is 2.03. The zero-order valence-electron chi connectivity index (χ0n) is 10.3. The molecule has 0 saturated carbocycles. The number of rotatable bonds is 4. The lowest BCUT2D eigenvalue weighted by Gasteiger charge is -2.26. The monoisotopic (exact) mass is 236 g/mol. The highest BCUT2D eigenvalue weighted by molar-refractivity contribution is 5.22. The molecular formula is C13H20N2O2. The van der Waals surface area contributed by atoms with E-state index in [9.17, 15) is 0 Å². The van der Waals surface area contributed by atoms with E-state index in [-0.39, 0.29) is 0 Å². The summed E-state index contributed by atoms with van der Waals surface area (Å²) in [5, 5.41) is 10.3. The zero-order chi connectivity index (χ0) is 12.1. The van der Waals surface area contributed by atoms with Crippen molar-refractivity contribution in [3.05, 3.63) is 35.4 Å². The normalized spacial score (nSPS) is 17.6. The Hall–Kier alpha value is -0.940. The summed E-state index contributed by atoms with van der Waals surface area (Å²) in [6, 6.07) is 8.41. The predicted molar refractivity (Wildman–Crippen MR) is 65.8 cm³/mol. The Morgan fingerprint density at radius 1 is 1.18 bits per heavy atom. The Balaban J connectivity index is 1.88. The maximum Gasteiger partial charge on any atom is 0.0594 e. The van der Waals surface area contributed by atoms with Crippen LogP contribution in [0.5, 0.6) is 0 Å². The van der Waals surface area contributed by atoms with E-state index in [1.54, 1.807) is 7.05 Å². The van der Waals surface area contributed by atoms with E-state index in [1.165, 1.54) is 10.6 Å². The number of hydroxylamine groups is 2. The molecule has 1 aromatic carbocycles. The van der Waals surface area contributed by atoms with Crippen molar-refractivity contribution in [1.29, 1.82) is 0 Å². The van der Waals surface area contributed by atoms with Crippen molar-refractivity contribution in [3.63, 3.8) is 0 Å². The van der Waals surface area contributed by atoms with E-state index < -0.39 is 0 Å². The molecule has 1 heterocycles. The van der Waals surface area contributed by atoms with Crippen LogP contribution in [0.1, 0.15) is 11.1 Å². The Morgan fingerprint density at radius 2 is 1.76 bits per heavy atom. The molecule has 1 fully saturated rings. The lowest BCUT2D eigenvalue weighted by Crippen LogP contribution is -2.35. The Morgan fingerprint density at radius 3 is 2.35 bits per heavy atom. The van der Waals surface area contributed by atoms with Gasteiger partial charge in [-0.2, -0.15) is 5.06 Å². The highest BCUT2D eigenvalue weighted by atomic mass is 16.5. The average molecular weight is 236 g/mol. The highest BCUT2D eigenvalue weighted by Gasteiger charge is 2.10. The third kappa shape index (κ3) is 4.09. The molecule has 94 valence electrons. The summed E-state index contributed by atoms with van der Waals surface area (Å²) in [4.78, 5) is 2.40. The SMILES string of the molecule is CN(O)Cc1ccc(CN2CCOCC2)cc1. The number of nitrogens with zero attached hydrogens (tertiary/aromatic N) is 2. The third-order valence-corrected chi connectivity index (χ3v) is 2.94. The van der Waals surface area contributed by atoms with E-state index >= 15 is 0 Å². The fraction of sp³-hybridized carbons (Fsp3) is 0.538. The molecule has 4 nitrogen and oxygen atoms in total. The molecule has 1 aliphatic heterocycles. The summed E-state index contributed by atoms with van der Waals surface area (Å²) in [5.74, 6) is 0. The summed E-state index contributed by atoms with van der Waals surface area (Å²) in [7, 11) is 1.65. The highest BCUT2D eigenvalue weighted by Crippen LogP contribution is 2.10. The van der Waals surface area contributed by atoms with E-state index in [1.807, 2.05) is 0 Å². The van der Waals surface area contributed by atoms with Crippen molar-refractivity contribution in [2.45, 2.75) is 13.1 Å². The molecule has 1 N–H and O–H groups in total. The largest absolute Gasteiger partial charge is 0.379 e. The maximum absolute atomic E-state index is 9.15. The smallest absolute Gasteiger partial charge is 0.0594 e. The Labute approximate surface area is 102 Å².